The fourth-order valence-corrected chi connectivity index (χ4v) is 2.13. The van der Waals surface area contributed by atoms with Crippen molar-refractivity contribution in [1.29, 1.82) is 0 Å². The molecule has 1 aliphatic rings. The quantitative estimate of drug-likeness (QED) is 0.757. The smallest absolute Gasteiger partial charge is 0.150 e. The van der Waals surface area contributed by atoms with Crippen LogP contribution in [-0.2, 0) is 0 Å². The average Bonchev–Trinajstić information content (AvgIpc) is 2.59. The molecule has 0 radical (unpaired) electrons. The van der Waals surface area contributed by atoms with E-state index >= 15 is 0 Å². The third-order valence-corrected chi connectivity index (χ3v) is 3.26. The Labute approximate surface area is 87.5 Å². The van der Waals surface area contributed by atoms with Crippen LogP contribution in [0.5, 0.6) is 0 Å². The standard InChI is InChI=1S/C12H12N2O/c15-7-8-4-5-10-11(6-8)13-14-12(10)9-2-1-3-9/h4-7,9H,1-3H2,(H,13,14). The molecule has 0 unspecified atom stereocenters. The van der Waals surface area contributed by atoms with Crippen molar-refractivity contribution in [2.24, 2.45) is 0 Å². The van der Waals surface area contributed by atoms with Gasteiger partial charge in [0.25, 0.3) is 0 Å². The van der Waals surface area contributed by atoms with E-state index in [1.165, 1.54) is 30.3 Å². The van der Waals surface area contributed by atoms with Gasteiger partial charge in [0, 0.05) is 22.6 Å². The Morgan fingerprint density at radius 2 is 2.27 bits per heavy atom. The van der Waals surface area contributed by atoms with E-state index in [1.54, 1.807) is 0 Å². The molecule has 2 aromatic rings. The zero-order chi connectivity index (χ0) is 10.3. The van der Waals surface area contributed by atoms with Crippen molar-refractivity contribution in [2.75, 3.05) is 0 Å². The number of carbonyl (C=O) groups excluding carboxylic acids is 1. The number of aldehydes is 1. The van der Waals surface area contributed by atoms with Crippen LogP contribution in [-0.4, -0.2) is 16.5 Å². The monoisotopic (exact) mass is 200 g/mol. The molecule has 1 heterocycles. The molecular formula is C12H12N2O. The van der Waals surface area contributed by atoms with Crippen molar-refractivity contribution < 1.29 is 4.79 Å². The summed E-state index contributed by atoms with van der Waals surface area (Å²) in [7, 11) is 0. The van der Waals surface area contributed by atoms with E-state index in [2.05, 4.69) is 10.2 Å². The van der Waals surface area contributed by atoms with Gasteiger partial charge in [0.1, 0.15) is 6.29 Å². The van der Waals surface area contributed by atoms with E-state index in [1.807, 2.05) is 18.2 Å². The topological polar surface area (TPSA) is 45.8 Å². The minimum absolute atomic E-state index is 0.650. The van der Waals surface area contributed by atoms with Gasteiger partial charge in [-0.25, -0.2) is 0 Å². The van der Waals surface area contributed by atoms with E-state index in [0.717, 1.165) is 11.8 Å². The number of hydrogen-bond donors (Lipinski definition) is 1. The molecule has 0 aliphatic heterocycles. The van der Waals surface area contributed by atoms with Crippen LogP contribution in [0.25, 0.3) is 10.9 Å². The molecule has 3 heteroatoms. The van der Waals surface area contributed by atoms with Crippen LogP contribution in [0.3, 0.4) is 0 Å². The number of carbonyl (C=O) groups is 1. The summed E-state index contributed by atoms with van der Waals surface area (Å²) >= 11 is 0. The third kappa shape index (κ3) is 1.27. The molecule has 1 N–H and O–H groups in total. The van der Waals surface area contributed by atoms with Crippen LogP contribution in [0.15, 0.2) is 18.2 Å². The van der Waals surface area contributed by atoms with Crippen molar-refractivity contribution in [2.45, 2.75) is 25.2 Å². The summed E-state index contributed by atoms with van der Waals surface area (Å²) in [6.07, 6.45) is 4.69. The Morgan fingerprint density at radius 1 is 1.40 bits per heavy atom. The normalized spacial score (nSPS) is 16.5. The highest BCUT2D eigenvalue weighted by molar-refractivity contribution is 5.88. The maximum atomic E-state index is 10.6. The Hall–Kier alpha value is -1.64. The predicted octanol–water partition coefficient (Wildman–Crippen LogP) is 2.64. The fraction of sp³-hybridized carbons (Fsp3) is 0.333. The van der Waals surface area contributed by atoms with E-state index in [9.17, 15) is 4.79 Å². The zero-order valence-electron chi connectivity index (χ0n) is 8.36. The van der Waals surface area contributed by atoms with Crippen molar-refractivity contribution in [3.05, 3.63) is 29.5 Å². The number of benzene rings is 1. The molecule has 1 aromatic carbocycles. The first-order chi connectivity index (χ1) is 7.38. The second kappa shape index (κ2) is 3.19. The molecule has 0 saturated heterocycles. The number of nitrogens with one attached hydrogen (secondary N) is 1. The van der Waals surface area contributed by atoms with E-state index in [4.69, 9.17) is 0 Å². The van der Waals surface area contributed by atoms with E-state index in [0.29, 0.717) is 11.5 Å². The van der Waals surface area contributed by atoms with Crippen LogP contribution in [0.1, 0.15) is 41.2 Å². The van der Waals surface area contributed by atoms with Gasteiger partial charge in [-0.05, 0) is 18.9 Å². The average molecular weight is 200 g/mol. The lowest BCUT2D eigenvalue weighted by atomic mass is 9.82. The van der Waals surface area contributed by atoms with E-state index in [-0.39, 0.29) is 0 Å². The van der Waals surface area contributed by atoms with Gasteiger partial charge in [0.05, 0.1) is 5.52 Å². The van der Waals surface area contributed by atoms with Gasteiger partial charge in [-0.2, -0.15) is 5.10 Å². The van der Waals surface area contributed by atoms with Crippen LogP contribution in [0.4, 0.5) is 0 Å². The molecule has 1 fully saturated rings. The van der Waals surface area contributed by atoms with Gasteiger partial charge >= 0.3 is 0 Å². The Morgan fingerprint density at radius 3 is 2.93 bits per heavy atom. The third-order valence-electron chi connectivity index (χ3n) is 3.26. The molecule has 0 atom stereocenters. The first-order valence-electron chi connectivity index (χ1n) is 5.31. The van der Waals surface area contributed by atoms with Crippen LogP contribution in [0, 0.1) is 0 Å². The molecule has 15 heavy (non-hydrogen) atoms. The predicted molar refractivity (Wildman–Crippen MR) is 58.1 cm³/mol. The van der Waals surface area contributed by atoms with Gasteiger partial charge < -0.3 is 0 Å². The lowest BCUT2D eigenvalue weighted by molar-refractivity contribution is 0.112. The number of fused-ring (bicyclic) bond motifs is 1. The molecule has 1 saturated carbocycles. The minimum Gasteiger partial charge on any atom is -0.298 e. The maximum absolute atomic E-state index is 10.6. The number of aromatic nitrogens is 2. The first-order valence-corrected chi connectivity index (χ1v) is 5.31. The lowest BCUT2D eigenvalue weighted by Crippen LogP contribution is -2.09. The highest BCUT2D eigenvalue weighted by Crippen LogP contribution is 2.38. The zero-order valence-corrected chi connectivity index (χ0v) is 8.36. The number of aromatic amines is 1. The fourth-order valence-electron chi connectivity index (χ4n) is 2.13. The summed E-state index contributed by atoms with van der Waals surface area (Å²) in [5.74, 6) is 0.650. The maximum Gasteiger partial charge on any atom is 0.150 e. The van der Waals surface area contributed by atoms with E-state index < -0.39 is 0 Å². The highest BCUT2D eigenvalue weighted by Gasteiger charge is 2.23. The van der Waals surface area contributed by atoms with Gasteiger partial charge in [-0.15, -0.1) is 0 Å². The Balaban J connectivity index is 2.13. The number of rotatable bonds is 2. The first kappa shape index (κ1) is 8.65. The lowest BCUT2D eigenvalue weighted by Gasteiger charge is -2.24. The molecule has 3 rings (SSSR count). The molecule has 1 aromatic heterocycles. The number of hydrogen-bond acceptors (Lipinski definition) is 2. The molecule has 0 bridgehead atoms. The summed E-state index contributed by atoms with van der Waals surface area (Å²) in [4.78, 5) is 10.6. The largest absolute Gasteiger partial charge is 0.298 e. The van der Waals surface area contributed by atoms with Crippen LogP contribution in [0.2, 0.25) is 0 Å². The van der Waals surface area contributed by atoms with Crippen LogP contribution < -0.4 is 0 Å². The second-order valence-electron chi connectivity index (χ2n) is 4.16. The SMILES string of the molecule is O=Cc1ccc2c(C3CCC3)[nH]nc2c1. The second-order valence-corrected chi connectivity index (χ2v) is 4.16. The Bertz CT molecular complexity index is 511. The number of H-pyrrole nitrogens is 1. The molecule has 0 amide bonds. The molecule has 1 aliphatic carbocycles. The summed E-state index contributed by atoms with van der Waals surface area (Å²) in [5.41, 5.74) is 2.84. The summed E-state index contributed by atoms with van der Waals surface area (Å²) in [6, 6.07) is 5.68. The van der Waals surface area contributed by atoms with Crippen molar-refractivity contribution in [3.8, 4) is 0 Å². The van der Waals surface area contributed by atoms with Crippen LogP contribution >= 0.6 is 0 Å². The number of nitrogens with zero attached hydrogens (tertiary/aromatic N) is 1. The van der Waals surface area contributed by atoms with Crippen molar-refractivity contribution >= 4 is 17.2 Å². The van der Waals surface area contributed by atoms with Gasteiger partial charge in [0.2, 0.25) is 0 Å². The summed E-state index contributed by atoms with van der Waals surface area (Å²) < 4.78 is 0. The Kier molecular flexibility index (Phi) is 1.84. The van der Waals surface area contributed by atoms with Crippen molar-refractivity contribution in [3.63, 3.8) is 0 Å². The van der Waals surface area contributed by atoms with Crippen molar-refractivity contribution in [1.82, 2.24) is 10.2 Å². The molecule has 0 spiro atoms. The van der Waals surface area contributed by atoms with Gasteiger partial charge in [0.15, 0.2) is 0 Å². The summed E-state index contributed by atoms with van der Waals surface area (Å²) in [6.45, 7) is 0. The van der Waals surface area contributed by atoms with Gasteiger partial charge in [-0.3, -0.25) is 9.89 Å². The molecular weight excluding hydrogens is 188 g/mol. The van der Waals surface area contributed by atoms with Gasteiger partial charge in [-0.1, -0.05) is 18.6 Å². The molecule has 3 nitrogen and oxygen atoms in total. The minimum atomic E-state index is 0.650. The highest BCUT2D eigenvalue weighted by atomic mass is 16.1. The molecule has 76 valence electrons. The summed E-state index contributed by atoms with van der Waals surface area (Å²) in [5, 5.41) is 8.52.